The number of likely N-dealkylation sites (tertiary alicyclic amines) is 2. The molecule has 26 N–H and O–H groups in total. The Balaban J connectivity index is 1.25. The Bertz CT molecular complexity index is 3850. The highest BCUT2D eigenvalue weighted by molar-refractivity contribution is 6.00. The first-order valence-corrected chi connectivity index (χ1v) is 36.3. The topological polar surface area (TPSA) is 725 Å². The summed E-state index contributed by atoms with van der Waals surface area (Å²) in [4.78, 5) is 280. The summed E-state index contributed by atoms with van der Waals surface area (Å²) < 4.78 is 0. The van der Waals surface area contributed by atoms with Crippen LogP contribution in [0.15, 0.2) is 42.9 Å². The Morgan fingerprint density at radius 2 is 0.835 bits per heavy atom. The van der Waals surface area contributed by atoms with Crippen molar-refractivity contribution in [2.45, 2.75) is 153 Å². The number of amides is 20. The van der Waals surface area contributed by atoms with Gasteiger partial charge in [0.05, 0.1) is 90.3 Å². The summed E-state index contributed by atoms with van der Waals surface area (Å²) in [6, 6.07) is -5.83. The second-order valence-electron chi connectivity index (χ2n) is 27.2. The van der Waals surface area contributed by atoms with E-state index in [0.717, 1.165) is 16.7 Å². The fraction of sp³-hybridized carbons (Fsp3) is 0.559. The van der Waals surface area contributed by atoms with Gasteiger partial charge in [-0.15, -0.1) is 0 Å². The summed E-state index contributed by atoms with van der Waals surface area (Å²) >= 11 is 0. The minimum absolute atomic E-state index is 0.0365. The van der Waals surface area contributed by atoms with E-state index in [0.29, 0.717) is 24.1 Å². The Kier molecular flexibility index (Phi) is 39.1. The zero-order valence-corrected chi connectivity index (χ0v) is 63.7. The first-order valence-electron chi connectivity index (χ1n) is 36.3. The number of hydrogen-bond acceptors (Lipinski definition) is 25. The molecule has 2 aliphatic heterocycles. The van der Waals surface area contributed by atoms with E-state index < -0.39 is 281 Å². The standard InChI is InChI=1S/C68H101N23O24/c1-33(2)56(66(113)79-28-53(102)90-15-10-14-44(90)65(112)78-27-52(101)89-58(35(5)93)67(114)80-29-54(103)91-16-9-13-43(91)64(111)77-24-49(98)85-42(31-92)63(110)81-30-55(104)105)87-51(100)26-76-62(109)41(20-46(71)95)84-48(97)23-74-60(107)39(17-36-11-7-6-8-12-36)83-47(96)22-75-61(108)40(18-37-21-72-32-82-37)86-68(115)57(34(3)4)88-50(99)25-73-59(106)38(69)19-45(70)94/h6-8,11-12,21,32-35,38-44,56-58,92-93H,9-10,13-20,22-31,69H2,1-5H3,(H2,70,94)(H2,71,95)(H,72,82)(H,73,106)(H,74,107)(H,75,108)(H,76,109)(H,77,111)(H,78,112)(H,79,113)(H,80,114)(H,81,110)(H,83,96)(H,84,97)(H,85,98)(H,86,115)(H,87,100)(H,88,99)(H,89,101)(H,104,105)/t35-,38+,39+,40+,41+,42+,43+,44+,56+,57+,58+/m1/s1. The molecule has 3 heterocycles. The molecule has 0 spiro atoms. The lowest BCUT2D eigenvalue weighted by atomic mass is 10.0. The van der Waals surface area contributed by atoms with Crippen LogP contribution >= 0.6 is 0 Å². The van der Waals surface area contributed by atoms with Crippen LogP contribution in [-0.4, -0.2) is 304 Å². The molecular weight excluding hydrogens is 1520 g/mol. The molecule has 632 valence electrons. The summed E-state index contributed by atoms with van der Waals surface area (Å²) in [6.45, 7) is -0.252. The lowest BCUT2D eigenvalue weighted by molar-refractivity contribution is -0.140. The first kappa shape index (κ1) is 94.6. The van der Waals surface area contributed by atoms with Gasteiger partial charge in [-0.05, 0) is 50.0 Å². The zero-order chi connectivity index (χ0) is 85.8. The molecule has 0 radical (unpaired) electrons. The second-order valence-corrected chi connectivity index (χ2v) is 27.2. The molecule has 47 heteroatoms. The molecule has 20 amide bonds. The molecule has 4 rings (SSSR count). The number of nitrogens with two attached hydrogens (primary N) is 3. The monoisotopic (exact) mass is 1620 g/mol. The van der Waals surface area contributed by atoms with E-state index in [1.165, 1.54) is 26.4 Å². The Hall–Kier alpha value is -12.8. The Morgan fingerprint density at radius 3 is 1.27 bits per heavy atom. The van der Waals surface area contributed by atoms with Crippen LogP contribution in [0.3, 0.4) is 0 Å². The van der Waals surface area contributed by atoms with Crippen molar-refractivity contribution < 1.29 is 116 Å². The molecule has 0 saturated carbocycles. The highest BCUT2D eigenvalue weighted by atomic mass is 16.4. The minimum atomic E-state index is -1.75. The van der Waals surface area contributed by atoms with Gasteiger partial charge in [-0.2, -0.15) is 0 Å². The van der Waals surface area contributed by atoms with Crippen LogP contribution < -0.4 is 102 Å². The van der Waals surface area contributed by atoms with Crippen molar-refractivity contribution in [3.05, 3.63) is 54.1 Å². The Labute approximate surface area is 657 Å². The molecular formula is C68H101N23O24. The number of primary amides is 2. The quantitative estimate of drug-likeness (QED) is 0.0293. The number of nitrogens with zero attached hydrogens (tertiary/aromatic N) is 3. The molecule has 0 aliphatic carbocycles. The zero-order valence-electron chi connectivity index (χ0n) is 63.7. The van der Waals surface area contributed by atoms with Crippen LogP contribution in [0.2, 0.25) is 0 Å². The van der Waals surface area contributed by atoms with Gasteiger partial charge < -0.3 is 132 Å². The molecule has 1 aromatic heterocycles. The third-order valence-electron chi connectivity index (χ3n) is 17.3. The van der Waals surface area contributed by atoms with Crippen LogP contribution in [0.1, 0.15) is 84.4 Å². The van der Waals surface area contributed by atoms with Crippen LogP contribution in [-0.2, 0) is 114 Å². The summed E-state index contributed by atoms with van der Waals surface area (Å²) in [7, 11) is 0. The molecule has 115 heavy (non-hydrogen) atoms. The van der Waals surface area contributed by atoms with E-state index in [2.05, 4.69) is 89.7 Å². The molecule has 47 nitrogen and oxygen atoms in total. The third kappa shape index (κ3) is 33.2. The van der Waals surface area contributed by atoms with E-state index in [4.69, 9.17) is 22.3 Å². The third-order valence-corrected chi connectivity index (χ3v) is 17.3. The molecule has 0 bridgehead atoms. The van der Waals surface area contributed by atoms with Crippen LogP contribution in [0.25, 0.3) is 0 Å². The molecule has 11 atom stereocenters. The number of H-pyrrole nitrogens is 1. The van der Waals surface area contributed by atoms with E-state index in [1.807, 2.05) is 5.32 Å². The van der Waals surface area contributed by atoms with E-state index >= 15 is 0 Å². The van der Waals surface area contributed by atoms with Crippen molar-refractivity contribution in [3.63, 3.8) is 0 Å². The first-order chi connectivity index (χ1) is 54.3. The normalized spacial score (nSPS) is 15.9. The highest BCUT2D eigenvalue weighted by Crippen LogP contribution is 2.19. The molecule has 1 aromatic carbocycles. The largest absolute Gasteiger partial charge is 0.480 e. The van der Waals surface area contributed by atoms with Gasteiger partial charge in [-0.3, -0.25) is 101 Å². The van der Waals surface area contributed by atoms with Gasteiger partial charge in [0.15, 0.2) is 0 Å². The summed E-state index contributed by atoms with van der Waals surface area (Å²) in [5.74, 6) is -21.0. The predicted octanol–water partition coefficient (Wildman–Crippen LogP) is -13.5. The number of imidazole rings is 1. The molecule has 2 aromatic rings. The van der Waals surface area contributed by atoms with Gasteiger partial charge in [0.2, 0.25) is 118 Å². The predicted molar refractivity (Wildman–Crippen MR) is 394 cm³/mol. The van der Waals surface area contributed by atoms with Gasteiger partial charge in [0, 0.05) is 37.8 Å². The summed E-state index contributed by atoms with van der Waals surface area (Å²) in [5, 5.41) is 65.7. The van der Waals surface area contributed by atoms with Crippen molar-refractivity contribution >= 4 is 124 Å². The lowest BCUT2D eigenvalue weighted by Gasteiger charge is -2.26. The van der Waals surface area contributed by atoms with Crippen molar-refractivity contribution in [1.29, 1.82) is 0 Å². The number of carbonyl (C=O) groups excluding carboxylic acids is 20. The number of aliphatic hydroxyl groups excluding tert-OH is 2. The van der Waals surface area contributed by atoms with Crippen molar-refractivity contribution in [3.8, 4) is 0 Å². The molecule has 0 unspecified atom stereocenters. The van der Waals surface area contributed by atoms with Gasteiger partial charge in [-0.1, -0.05) is 58.0 Å². The number of carboxylic acid groups (broad SMARTS) is 1. The molecule has 2 fully saturated rings. The number of aliphatic hydroxyl groups is 2. The van der Waals surface area contributed by atoms with Gasteiger partial charge in [0.25, 0.3) is 0 Å². The van der Waals surface area contributed by atoms with Crippen molar-refractivity contribution in [2.75, 3.05) is 78.6 Å². The average molecular weight is 1620 g/mol. The van der Waals surface area contributed by atoms with Crippen molar-refractivity contribution in [1.82, 2.24) is 105 Å². The minimum Gasteiger partial charge on any atom is -0.480 e. The fourth-order valence-corrected chi connectivity index (χ4v) is 11.4. The number of carboxylic acids is 1. The number of hydrogen-bond donors (Lipinski definition) is 23. The van der Waals surface area contributed by atoms with Crippen LogP contribution in [0.4, 0.5) is 0 Å². The lowest BCUT2D eigenvalue weighted by Crippen LogP contribution is -2.58. The fourth-order valence-electron chi connectivity index (χ4n) is 11.4. The maximum absolute atomic E-state index is 13.8. The number of aromatic amines is 1. The van der Waals surface area contributed by atoms with E-state index in [9.17, 15) is 111 Å². The second kappa shape index (κ2) is 47.5. The number of rotatable bonds is 47. The van der Waals surface area contributed by atoms with E-state index in [1.54, 1.807) is 44.2 Å². The SMILES string of the molecule is CC(C)[C@H](NC(=O)CNC(=O)[C@H](CC(N)=O)NC(=O)CNC(=O)[C@H](Cc1ccccc1)NC(=O)CNC(=O)[C@H](Cc1cnc[nH]1)NC(=O)[C@@H](NC(=O)CNC(=O)[C@@H](N)CC(N)=O)C(C)C)C(=O)NCC(=O)N1CCC[C@H]1C(=O)NCC(=O)N[C@H](C(=O)NCC(=O)N1CCC[C@H]1C(=O)NCC(=O)N[C@@H](CO)C(=O)NCC(=O)O)[C@@H](C)O. The average Bonchev–Trinajstić information content (AvgIpc) is 1.74. The smallest absolute Gasteiger partial charge is 0.322 e. The Morgan fingerprint density at radius 1 is 0.452 bits per heavy atom. The van der Waals surface area contributed by atoms with Gasteiger partial charge in [-0.25, -0.2) is 4.98 Å². The summed E-state index contributed by atoms with van der Waals surface area (Å²) in [6.07, 6.45) is 0.319. The molecule has 2 saturated heterocycles. The number of aromatic nitrogens is 2. The molecule has 2 aliphatic rings. The number of benzene rings is 1. The van der Waals surface area contributed by atoms with Crippen LogP contribution in [0, 0.1) is 11.8 Å². The maximum atomic E-state index is 13.8. The van der Waals surface area contributed by atoms with Gasteiger partial charge >= 0.3 is 5.97 Å². The van der Waals surface area contributed by atoms with Gasteiger partial charge in [0.1, 0.15) is 60.9 Å². The maximum Gasteiger partial charge on any atom is 0.322 e. The number of nitrogens with one attached hydrogen (secondary N) is 17. The van der Waals surface area contributed by atoms with Crippen LogP contribution in [0.5, 0.6) is 0 Å². The van der Waals surface area contributed by atoms with E-state index in [-0.39, 0.29) is 38.8 Å². The van der Waals surface area contributed by atoms with Crippen molar-refractivity contribution in [2.24, 2.45) is 29.0 Å². The number of aliphatic carboxylic acids is 1. The highest BCUT2D eigenvalue weighted by Gasteiger charge is 2.39. The number of carbonyl (C=O) groups is 21. The summed E-state index contributed by atoms with van der Waals surface area (Å²) in [5.41, 5.74) is 17.0.